The van der Waals surface area contributed by atoms with Gasteiger partial charge in [-0.3, -0.25) is 9.48 Å². The number of rotatable bonds is 6. The summed E-state index contributed by atoms with van der Waals surface area (Å²) >= 11 is 0. The van der Waals surface area contributed by atoms with Crippen LogP contribution < -0.4 is 4.72 Å². The molecule has 24 heavy (non-hydrogen) atoms. The van der Waals surface area contributed by atoms with E-state index in [0.717, 1.165) is 18.4 Å². The summed E-state index contributed by atoms with van der Waals surface area (Å²) in [5.74, 6) is -0.234. The topological polar surface area (TPSA) is 84.3 Å². The number of carbonyl (C=O) groups excluding carboxylic acids is 1. The van der Waals surface area contributed by atoms with Crippen LogP contribution in [0.15, 0.2) is 41.6 Å². The number of benzene rings is 1. The van der Waals surface area contributed by atoms with Crippen LogP contribution in [0.2, 0.25) is 0 Å². The molecule has 1 aliphatic rings. The molecule has 0 saturated heterocycles. The molecule has 3 rings (SSSR count). The summed E-state index contributed by atoms with van der Waals surface area (Å²) in [6.45, 7) is 0.407. The minimum Gasteiger partial charge on any atom is -0.337 e. The Balaban J connectivity index is 1.76. The van der Waals surface area contributed by atoms with Gasteiger partial charge in [0.1, 0.15) is 0 Å². The predicted octanol–water partition coefficient (Wildman–Crippen LogP) is 1.13. The lowest BCUT2D eigenvalue weighted by Gasteiger charge is -2.17. The Labute approximate surface area is 141 Å². The first-order valence-corrected chi connectivity index (χ1v) is 9.19. The summed E-state index contributed by atoms with van der Waals surface area (Å²) in [5, 5.41) is 4.07. The Hall–Kier alpha value is -2.19. The normalized spacial score (nSPS) is 14.6. The number of hydrogen-bond donors (Lipinski definition) is 1. The van der Waals surface area contributed by atoms with Gasteiger partial charge in [0.2, 0.25) is 10.0 Å². The van der Waals surface area contributed by atoms with Gasteiger partial charge in [0.05, 0.1) is 11.1 Å². The second-order valence-corrected chi connectivity index (χ2v) is 7.82. The zero-order valence-electron chi connectivity index (χ0n) is 13.6. The van der Waals surface area contributed by atoms with Crippen LogP contribution in [0, 0.1) is 0 Å². The SMILES string of the molecule is CN(Cc1cnn(C)c1)C(=O)c1cccc(S(=O)(=O)NC2CC2)c1. The molecule has 8 heteroatoms. The van der Waals surface area contributed by atoms with Crippen LogP contribution >= 0.6 is 0 Å². The fraction of sp³-hybridized carbons (Fsp3) is 0.375. The molecule has 0 radical (unpaired) electrons. The molecule has 0 unspecified atom stereocenters. The van der Waals surface area contributed by atoms with E-state index in [1.807, 2.05) is 13.2 Å². The molecule has 7 nitrogen and oxygen atoms in total. The lowest BCUT2D eigenvalue weighted by atomic mass is 10.2. The van der Waals surface area contributed by atoms with Crippen LogP contribution in [0.5, 0.6) is 0 Å². The van der Waals surface area contributed by atoms with E-state index in [-0.39, 0.29) is 16.8 Å². The maximum Gasteiger partial charge on any atom is 0.253 e. The molecule has 1 N–H and O–H groups in total. The van der Waals surface area contributed by atoms with E-state index < -0.39 is 10.0 Å². The van der Waals surface area contributed by atoms with Crippen molar-refractivity contribution < 1.29 is 13.2 Å². The van der Waals surface area contributed by atoms with Crippen LogP contribution in [0.1, 0.15) is 28.8 Å². The van der Waals surface area contributed by atoms with Crippen molar-refractivity contribution in [2.75, 3.05) is 7.05 Å². The van der Waals surface area contributed by atoms with Crippen molar-refractivity contribution in [2.24, 2.45) is 7.05 Å². The van der Waals surface area contributed by atoms with Gasteiger partial charge in [0.15, 0.2) is 0 Å². The van der Waals surface area contributed by atoms with E-state index >= 15 is 0 Å². The van der Waals surface area contributed by atoms with Crippen molar-refractivity contribution in [3.8, 4) is 0 Å². The van der Waals surface area contributed by atoms with E-state index in [1.165, 1.54) is 17.0 Å². The smallest absolute Gasteiger partial charge is 0.253 e. The highest BCUT2D eigenvalue weighted by molar-refractivity contribution is 7.89. The molecule has 0 spiro atoms. The monoisotopic (exact) mass is 348 g/mol. The average molecular weight is 348 g/mol. The molecule has 1 aromatic heterocycles. The molecular weight excluding hydrogens is 328 g/mol. The van der Waals surface area contributed by atoms with Gasteiger partial charge < -0.3 is 4.90 Å². The molecule has 1 aromatic carbocycles. The maximum absolute atomic E-state index is 12.6. The van der Waals surface area contributed by atoms with E-state index in [0.29, 0.717) is 12.1 Å². The van der Waals surface area contributed by atoms with Crippen LogP contribution in [0.3, 0.4) is 0 Å². The van der Waals surface area contributed by atoms with Crippen molar-refractivity contribution >= 4 is 15.9 Å². The van der Waals surface area contributed by atoms with E-state index in [2.05, 4.69) is 9.82 Å². The standard InChI is InChI=1S/C16H20N4O3S/c1-19(10-12-9-17-20(2)11-12)16(21)13-4-3-5-15(8-13)24(22,23)18-14-6-7-14/h3-5,8-9,11,14,18H,6-7,10H2,1-2H3. The molecule has 128 valence electrons. The highest BCUT2D eigenvalue weighted by atomic mass is 32.2. The fourth-order valence-electron chi connectivity index (χ4n) is 2.40. The highest BCUT2D eigenvalue weighted by Crippen LogP contribution is 2.22. The maximum atomic E-state index is 12.6. The zero-order chi connectivity index (χ0) is 17.3. The van der Waals surface area contributed by atoms with Gasteiger partial charge in [0, 0.05) is 44.0 Å². The lowest BCUT2D eigenvalue weighted by molar-refractivity contribution is 0.0785. The van der Waals surface area contributed by atoms with E-state index in [9.17, 15) is 13.2 Å². The van der Waals surface area contributed by atoms with Crippen molar-refractivity contribution in [3.05, 3.63) is 47.8 Å². The Morgan fingerprint density at radius 2 is 2.17 bits per heavy atom. The number of amides is 1. The Bertz CT molecular complexity index is 856. The first-order chi connectivity index (χ1) is 11.3. The molecule has 0 aliphatic heterocycles. The second-order valence-electron chi connectivity index (χ2n) is 6.11. The zero-order valence-corrected chi connectivity index (χ0v) is 14.5. The summed E-state index contributed by atoms with van der Waals surface area (Å²) in [6, 6.07) is 6.17. The fourth-order valence-corrected chi connectivity index (χ4v) is 3.75. The Kier molecular flexibility index (Phi) is 4.42. The van der Waals surface area contributed by atoms with Gasteiger partial charge in [-0.25, -0.2) is 13.1 Å². The molecule has 1 heterocycles. The van der Waals surface area contributed by atoms with Crippen LogP contribution in [-0.2, 0) is 23.6 Å². The third-order valence-corrected chi connectivity index (χ3v) is 5.33. The van der Waals surface area contributed by atoms with Gasteiger partial charge in [-0.1, -0.05) is 6.07 Å². The molecule has 1 amide bonds. The summed E-state index contributed by atoms with van der Waals surface area (Å²) < 4.78 is 28.8. The molecule has 1 fully saturated rings. The minimum absolute atomic E-state index is 0.0302. The molecular formula is C16H20N4O3S. The molecule has 1 saturated carbocycles. The van der Waals surface area contributed by atoms with Gasteiger partial charge >= 0.3 is 0 Å². The van der Waals surface area contributed by atoms with Crippen molar-refractivity contribution in [1.82, 2.24) is 19.4 Å². The molecule has 0 bridgehead atoms. The van der Waals surface area contributed by atoms with Crippen molar-refractivity contribution in [1.29, 1.82) is 0 Å². The largest absolute Gasteiger partial charge is 0.337 e. The predicted molar refractivity (Wildman–Crippen MR) is 88.8 cm³/mol. The van der Waals surface area contributed by atoms with Gasteiger partial charge in [-0.05, 0) is 31.0 Å². The van der Waals surface area contributed by atoms with Crippen LogP contribution in [0.25, 0.3) is 0 Å². The number of aryl methyl sites for hydroxylation is 1. The minimum atomic E-state index is -3.57. The third kappa shape index (κ3) is 3.82. The summed E-state index contributed by atoms with van der Waals surface area (Å²) in [6.07, 6.45) is 5.27. The number of hydrogen-bond acceptors (Lipinski definition) is 4. The third-order valence-electron chi connectivity index (χ3n) is 3.82. The van der Waals surface area contributed by atoms with Crippen LogP contribution in [0.4, 0.5) is 0 Å². The Morgan fingerprint density at radius 3 is 2.79 bits per heavy atom. The van der Waals surface area contributed by atoms with E-state index in [4.69, 9.17) is 0 Å². The first-order valence-electron chi connectivity index (χ1n) is 7.70. The van der Waals surface area contributed by atoms with Gasteiger partial charge in [-0.15, -0.1) is 0 Å². The number of carbonyl (C=O) groups is 1. The molecule has 0 atom stereocenters. The first kappa shape index (κ1) is 16.7. The van der Waals surface area contributed by atoms with Gasteiger partial charge in [-0.2, -0.15) is 5.10 Å². The summed E-state index contributed by atoms with van der Waals surface area (Å²) in [5.41, 5.74) is 1.26. The number of nitrogens with zero attached hydrogens (tertiary/aromatic N) is 3. The van der Waals surface area contributed by atoms with Crippen LogP contribution in [-0.4, -0.2) is 42.1 Å². The van der Waals surface area contributed by atoms with E-state index in [1.54, 1.807) is 30.1 Å². The quantitative estimate of drug-likeness (QED) is 0.848. The van der Waals surface area contributed by atoms with Gasteiger partial charge in [0.25, 0.3) is 5.91 Å². The number of nitrogens with one attached hydrogen (secondary N) is 1. The number of aromatic nitrogens is 2. The van der Waals surface area contributed by atoms with Crippen molar-refractivity contribution in [3.63, 3.8) is 0 Å². The second kappa shape index (κ2) is 6.37. The average Bonchev–Trinajstić information content (AvgIpc) is 3.26. The molecule has 2 aromatic rings. The molecule has 1 aliphatic carbocycles. The number of sulfonamides is 1. The summed E-state index contributed by atoms with van der Waals surface area (Å²) in [7, 11) is -0.0768. The summed E-state index contributed by atoms with van der Waals surface area (Å²) in [4.78, 5) is 14.2. The highest BCUT2D eigenvalue weighted by Gasteiger charge is 2.28. The Morgan fingerprint density at radius 1 is 1.42 bits per heavy atom. The lowest BCUT2D eigenvalue weighted by Crippen LogP contribution is -2.28. The van der Waals surface area contributed by atoms with Crippen molar-refractivity contribution in [2.45, 2.75) is 30.3 Å².